The Labute approximate surface area is 161 Å². The van der Waals surface area contributed by atoms with Crippen molar-refractivity contribution in [1.82, 2.24) is 10.1 Å². The number of rotatable bonds is 7. The number of para-hydroxylation sites is 1. The molecule has 2 heterocycles. The molecule has 2 aromatic carbocycles. The molecule has 4 rings (SSSR count). The van der Waals surface area contributed by atoms with E-state index in [2.05, 4.69) is 16.7 Å². The molecule has 0 unspecified atom stereocenters. The molecule has 4 aromatic rings. The first kappa shape index (κ1) is 17.7. The number of ether oxygens (including phenoxy) is 1. The van der Waals surface area contributed by atoms with Crippen molar-refractivity contribution >= 4 is 0 Å². The van der Waals surface area contributed by atoms with Crippen LogP contribution in [0.2, 0.25) is 0 Å². The summed E-state index contributed by atoms with van der Waals surface area (Å²) in [5.41, 5.74) is 1.72. The molecular formula is C22H17FN2O3. The zero-order chi connectivity index (χ0) is 19.3. The molecule has 0 atom stereocenters. The van der Waals surface area contributed by atoms with Crippen molar-refractivity contribution < 1.29 is 18.1 Å². The van der Waals surface area contributed by atoms with Gasteiger partial charge in [0.15, 0.2) is 5.76 Å². The molecule has 2 aromatic heterocycles. The van der Waals surface area contributed by atoms with Crippen LogP contribution in [0.5, 0.6) is 5.75 Å². The van der Waals surface area contributed by atoms with E-state index >= 15 is 0 Å². The Bertz CT molecular complexity index is 1080. The molecule has 0 aliphatic heterocycles. The lowest BCUT2D eigenvalue weighted by Gasteiger charge is -2.08. The lowest BCUT2D eigenvalue weighted by Crippen LogP contribution is -1.97. The van der Waals surface area contributed by atoms with Crippen molar-refractivity contribution in [2.75, 3.05) is 0 Å². The van der Waals surface area contributed by atoms with Crippen LogP contribution in [0, 0.1) is 5.82 Å². The van der Waals surface area contributed by atoms with Crippen LogP contribution in [0.15, 0.2) is 82.3 Å². The second-order valence-electron chi connectivity index (χ2n) is 6.09. The smallest absolute Gasteiger partial charge is 0.293 e. The van der Waals surface area contributed by atoms with Crippen molar-refractivity contribution in [3.8, 4) is 28.8 Å². The number of hydrogen-bond acceptors (Lipinski definition) is 5. The zero-order valence-electron chi connectivity index (χ0n) is 15.0. The quantitative estimate of drug-likeness (QED) is 0.402. The summed E-state index contributed by atoms with van der Waals surface area (Å²) in [5.74, 6) is 2.15. The number of hydrogen-bond donors (Lipinski definition) is 0. The summed E-state index contributed by atoms with van der Waals surface area (Å²) in [7, 11) is 0. The predicted molar refractivity (Wildman–Crippen MR) is 102 cm³/mol. The van der Waals surface area contributed by atoms with Gasteiger partial charge in [-0.15, -0.1) is 6.58 Å². The third kappa shape index (κ3) is 3.86. The minimum Gasteiger partial charge on any atom is -0.485 e. The van der Waals surface area contributed by atoms with Gasteiger partial charge < -0.3 is 13.7 Å². The summed E-state index contributed by atoms with van der Waals surface area (Å²) < 4.78 is 29.9. The van der Waals surface area contributed by atoms with Crippen LogP contribution < -0.4 is 4.74 Å². The highest BCUT2D eigenvalue weighted by Gasteiger charge is 2.15. The highest BCUT2D eigenvalue weighted by Crippen LogP contribution is 2.25. The molecule has 0 aliphatic carbocycles. The van der Waals surface area contributed by atoms with E-state index in [0.717, 1.165) is 17.7 Å². The normalized spacial score (nSPS) is 10.8. The molecule has 140 valence electrons. The van der Waals surface area contributed by atoms with E-state index in [0.29, 0.717) is 22.9 Å². The molecule has 0 radical (unpaired) electrons. The van der Waals surface area contributed by atoms with E-state index < -0.39 is 0 Å². The molecule has 0 bridgehead atoms. The summed E-state index contributed by atoms with van der Waals surface area (Å²) in [6.45, 7) is 4.04. The minimum absolute atomic E-state index is 0.248. The average molecular weight is 376 g/mol. The molecule has 6 heteroatoms. The Morgan fingerprint density at radius 3 is 2.68 bits per heavy atom. The Morgan fingerprint density at radius 2 is 1.86 bits per heavy atom. The molecular weight excluding hydrogens is 359 g/mol. The number of halogens is 1. The van der Waals surface area contributed by atoms with Crippen LogP contribution in [-0.4, -0.2) is 10.1 Å². The average Bonchev–Trinajstić information content (AvgIpc) is 3.38. The van der Waals surface area contributed by atoms with Gasteiger partial charge >= 0.3 is 0 Å². The molecule has 0 fully saturated rings. The van der Waals surface area contributed by atoms with Gasteiger partial charge in [-0.2, -0.15) is 4.98 Å². The number of nitrogens with zero attached hydrogens (tertiary/aromatic N) is 2. The molecule has 0 aliphatic rings. The second kappa shape index (κ2) is 7.92. The number of allylic oxidation sites excluding steroid dienone is 1. The topological polar surface area (TPSA) is 61.3 Å². The zero-order valence-corrected chi connectivity index (χ0v) is 15.0. The van der Waals surface area contributed by atoms with E-state index in [1.165, 1.54) is 12.1 Å². The first-order valence-electron chi connectivity index (χ1n) is 8.73. The maximum absolute atomic E-state index is 13.0. The van der Waals surface area contributed by atoms with Gasteiger partial charge in [-0.3, -0.25) is 0 Å². The number of benzene rings is 2. The van der Waals surface area contributed by atoms with Crippen LogP contribution in [0.4, 0.5) is 4.39 Å². The Hall–Kier alpha value is -3.67. The predicted octanol–water partition coefficient (Wildman–Crippen LogP) is 5.44. The van der Waals surface area contributed by atoms with Crippen molar-refractivity contribution in [2.45, 2.75) is 13.0 Å². The Kier molecular flexibility index (Phi) is 5.01. The largest absolute Gasteiger partial charge is 0.485 e. The number of aromatic nitrogens is 2. The van der Waals surface area contributed by atoms with Crippen LogP contribution in [-0.2, 0) is 13.0 Å². The fourth-order valence-corrected chi connectivity index (χ4v) is 2.73. The fraction of sp³-hybridized carbons (Fsp3) is 0.0909. The monoisotopic (exact) mass is 376 g/mol. The van der Waals surface area contributed by atoms with Gasteiger partial charge in [0.25, 0.3) is 5.89 Å². The summed E-state index contributed by atoms with van der Waals surface area (Å²) in [6.07, 6.45) is 2.56. The third-order valence-corrected chi connectivity index (χ3v) is 4.11. The molecule has 0 amide bonds. The lowest BCUT2D eigenvalue weighted by molar-refractivity contribution is 0.268. The first-order valence-corrected chi connectivity index (χ1v) is 8.73. The van der Waals surface area contributed by atoms with Gasteiger partial charge in [-0.05, 0) is 54.4 Å². The van der Waals surface area contributed by atoms with Crippen LogP contribution in [0.3, 0.4) is 0 Å². The van der Waals surface area contributed by atoms with Crippen LogP contribution in [0.1, 0.15) is 11.3 Å². The van der Waals surface area contributed by atoms with Crippen molar-refractivity contribution in [3.63, 3.8) is 0 Å². The Morgan fingerprint density at radius 1 is 1.04 bits per heavy atom. The maximum Gasteiger partial charge on any atom is 0.293 e. The van der Waals surface area contributed by atoms with Crippen molar-refractivity contribution in [3.05, 3.63) is 90.5 Å². The maximum atomic E-state index is 13.0. The summed E-state index contributed by atoms with van der Waals surface area (Å²) >= 11 is 0. The minimum atomic E-state index is -0.321. The van der Waals surface area contributed by atoms with Crippen LogP contribution >= 0.6 is 0 Å². The van der Waals surface area contributed by atoms with Crippen molar-refractivity contribution in [1.29, 1.82) is 0 Å². The Balaban J connectivity index is 1.46. The van der Waals surface area contributed by atoms with E-state index in [-0.39, 0.29) is 18.3 Å². The molecule has 5 nitrogen and oxygen atoms in total. The summed E-state index contributed by atoms with van der Waals surface area (Å²) in [6, 6.07) is 17.2. The van der Waals surface area contributed by atoms with Gasteiger partial charge in [0, 0.05) is 5.56 Å². The molecule has 28 heavy (non-hydrogen) atoms. The second-order valence-corrected chi connectivity index (χ2v) is 6.09. The highest BCUT2D eigenvalue weighted by molar-refractivity contribution is 5.57. The molecule has 0 saturated heterocycles. The molecule has 0 N–H and O–H groups in total. The van der Waals surface area contributed by atoms with E-state index in [1.54, 1.807) is 24.3 Å². The van der Waals surface area contributed by atoms with E-state index in [1.807, 2.05) is 30.3 Å². The number of furan rings is 1. The van der Waals surface area contributed by atoms with Crippen molar-refractivity contribution in [2.24, 2.45) is 0 Å². The van der Waals surface area contributed by atoms with E-state index in [4.69, 9.17) is 13.7 Å². The SMILES string of the molecule is C=CCc1ccccc1OCc1ccc(-c2nc(-c3ccc(F)cc3)no2)o1. The van der Waals surface area contributed by atoms with Gasteiger partial charge in [0.2, 0.25) is 5.82 Å². The van der Waals surface area contributed by atoms with Crippen LogP contribution in [0.25, 0.3) is 23.0 Å². The van der Waals surface area contributed by atoms with E-state index in [9.17, 15) is 4.39 Å². The molecule has 0 saturated carbocycles. The third-order valence-electron chi connectivity index (χ3n) is 4.11. The van der Waals surface area contributed by atoms with Gasteiger partial charge in [0.05, 0.1) is 0 Å². The standard InChI is InChI=1S/C22H17FN2O3/c1-2-5-15-6-3-4-7-19(15)26-14-18-12-13-20(27-18)22-24-21(25-28-22)16-8-10-17(23)11-9-16/h2-4,6-13H,1,5,14H2. The highest BCUT2D eigenvalue weighted by atomic mass is 19.1. The summed E-state index contributed by atoms with van der Waals surface area (Å²) in [4.78, 5) is 4.30. The van der Waals surface area contributed by atoms with Gasteiger partial charge in [-0.25, -0.2) is 4.39 Å². The van der Waals surface area contributed by atoms with Gasteiger partial charge in [0.1, 0.15) is 23.9 Å². The fourth-order valence-electron chi connectivity index (χ4n) is 2.73. The lowest BCUT2D eigenvalue weighted by atomic mass is 10.1. The first-order chi connectivity index (χ1) is 13.7. The van der Waals surface area contributed by atoms with Gasteiger partial charge in [-0.1, -0.05) is 29.4 Å². The summed E-state index contributed by atoms with van der Waals surface area (Å²) in [5, 5.41) is 3.92. The molecule has 0 spiro atoms.